The largest absolute Gasteiger partial charge is 0.497 e. The van der Waals surface area contributed by atoms with Gasteiger partial charge in [-0.05, 0) is 43.0 Å². The molecule has 1 atom stereocenters. The average molecular weight is 246 g/mol. The number of fused-ring (bicyclic) bond motifs is 1. The highest BCUT2D eigenvalue weighted by Crippen LogP contribution is 2.25. The Morgan fingerprint density at radius 3 is 2.94 bits per heavy atom. The van der Waals surface area contributed by atoms with Gasteiger partial charge >= 0.3 is 0 Å². The number of anilines is 1. The summed E-state index contributed by atoms with van der Waals surface area (Å²) in [6.45, 7) is 2.49. The van der Waals surface area contributed by atoms with E-state index in [-0.39, 0.29) is 6.10 Å². The van der Waals surface area contributed by atoms with E-state index in [9.17, 15) is 5.11 Å². The summed E-state index contributed by atoms with van der Waals surface area (Å²) in [6, 6.07) is 7.85. The Bertz CT molecular complexity index is 526. The zero-order valence-electron chi connectivity index (χ0n) is 10.7. The van der Waals surface area contributed by atoms with Gasteiger partial charge in [-0.25, -0.2) is 4.98 Å². The first-order chi connectivity index (χ1) is 8.70. The molecule has 0 aliphatic carbocycles. The molecule has 0 fully saturated rings. The smallest absolute Gasteiger partial charge is 0.133 e. The van der Waals surface area contributed by atoms with Gasteiger partial charge in [-0.3, -0.25) is 0 Å². The Kier molecular flexibility index (Phi) is 3.99. The van der Waals surface area contributed by atoms with Gasteiger partial charge in [0.25, 0.3) is 0 Å². The molecule has 0 aliphatic heterocycles. The van der Waals surface area contributed by atoms with Crippen LogP contribution in [0.5, 0.6) is 5.75 Å². The lowest BCUT2D eigenvalue weighted by Gasteiger charge is -2.10. The topological polar surface area (TPSA) is 54.4 Å². The zero-order valence-corrected chi connectivity index (χ0v) is 10.7. The maximum Gasteiger partial charge on any atom is 0.133 e. The second-order valence-corrected chi connectivity index (χ2v) is 4.31. The van der Waals surface area contributed by atoms with Crippen molar-refractivity contribution in [3.05, 3.63) is 30.5 Å². The van der Waals surface area contributed by atoms with E-state index in [2.05, 4.69) is 10.3 Å². The zero-order chi connectivity index (χ0) is 13.0. The Morgan fingerprint density at radius 2 is 2.22 bits per heavy atom. The number of methoxy groups -OCH3 is 1. The van der Waals surface area contributed by atoms with Gasteiger partial charge in [-0.1, -0.05) is 0 Å². The monoisotopic (exact) mass is 246 g/mol. The van der Waals surface area contributed by atoms with Gasteiger partial charge < -0.3 is 15.2 Å². The summed E-state index contributed by atoms with van der Waals surface area (Å²) < 4.78 is 5.20. The van der Waals surface area contributed by atoms with Crippen LogP contribution in [0.25, 0.3) is 10.8 Å². The number of aromatic nitrogens is 1. The second kappa shape index (κ2) is 5.69. The predicted octanol–water partition coefficient (Wildman–Crippen LogP) is 2.43. The third-order valence-corrected chi connectivity index (χ3v) is 2.83. The fourth-order valence-electron chi connectivity index (χ4n) is 1.82. The van der Waals surface area contributed by atoms with Crippen molar-refractivity contribution in [1.29, 1.82) is 0 Å². The van der Waals surface area contributed by atoms with E-state index in [1.165, 1.54) is 0 Å². The number of ether oxygens (including phenoxy) is 1. The normalized spacial score (nSPS) is 12.4. The Labute approximate surface area is 107 Å². The number of hydrogen-bond donors (Lipinski definition) is 2. The van der Waals surface area contributed by atoms with Crippen LogP contribution in [0, 0.1) is 0 Å². The van der Waals surface area contributed by atoms with Crippen LogP contribution in [-0.4, -0.2) is 29.8 Å². The van der Waals surface area contributed by atoms with E-state index in [4.69, 9.17) is 4.74 Å². The van der Waals surface area contributed by atoms with Gasteiger partial charge in [-0.2, -0.15) is 0 Å². The summed E-state index contributed by atoms with van der Waals surface area (Å²) in [7, 11) is 1.66. The van der Waals surface area contributed by atoms with Crippen LogP contribution < -0.4 is 10.1 Å². The molecule has 0 bridgehead atoms. The third kappa shape index (κ3) is 2.90. The quantitative estimate of drug-likeness (QED) is 0.850. The molecule has 1 aromatic carbocycles. The van der Waals surface area contributed by atoms with Gasteiger partial charge in [-0.15, -0.1) is 0 Å². The fourth-order valence-corrected chi connectivity index (χ4v) is 1.82. The van der Waals surface area contributed by atoms with Gasteiger partial charge in [0, 0.05) is 18.1 Å². The lowest BCUT2D eigenvalue weighted by molar-refractivity contribution is 0.188. The molecule has 1 unspecified atom stereocenters. The summed E-state index contributed by atoms with van der Waals surface area (Å²) in [4.78, 5) is 4.33. The van der Waals surface area contributed by atoms with E-state index < -0.39 is 0 Å². The summed E-state index contributed by atoms with van der Waals surface area (Å²) in [5.41, 5.74) is 0. The molecule has 2 aromatic rings. The molecule has 2 N–H and O–H groups in total. The molecule has 0 aliphatic rings. The van der Waals surface area contributed by atoms with E-state index in [0.717, 1.165) is 22.3 Å². The molecular weight excluding hydrogens is 228 g/mol. The van der Waals surface area contributed by atoms with Crippen molar-refractivity contribution < 1.29 is 9.84 Å². The Morgan fingerprint density at radius 1 is 1.39 bits per heavy atom. The molecule has 0 radical (unpaired) electrons. The van der Waals surface area contributed by atoms with Gasteiger partial charge in [0.1, 0.15) is 11.6 Å². The summed E-state index contributed by atoms with van der Waals surface area (Å²) >= 11 is 0. The highest BCUT2D eigenvalue weighted by atomic mass is 16.5. The average Bonchev–Trinajstić information content (AvgIpc) is 2.38. The van der Waals surface area contributed by atoms with Crippen LogP contribution in [0.2, 0.25) is 0 Å². The molecule has 0 saturated heterocycles. The molecular formula is C14H18N2O2. The van der Waals surface area contributed by atoms with E-state index in [1.54, 1.807) is 20.2 Å². The number of aliphatic hydroxyl groups is 1. The van der Waals surface area contributed by atoms with Crippen molar-refractivity contribution in [3.8, 4) is 5.75 Å². The summed E-state index contributed by atoms with van der Waals surface area (Å²) in [5.74, 6) is 1.68. The lowest BCUT2D eigenvalue weighted by Crippen LogP contribution is -2.10. The number of pyridine rings is 1. The van der Waals surface area contributed by atoms with Crippen LogP contribution >= 0.6 is 0 Å². The Balaban J connectivity index is 2.22. The number of benzene rings is 1. The molecule has 0 saturated carbocycles. The minimum atomic E-state index is -0.299. The molecule has 2 rings (SSSR count). The van der Waals surface area contributed by atoms with Crippen LogP contribution in [0.1, 0.15) is 13.3 Å². The van der Waals surface area contributed by atoms with Crippen molar-refractivity contribution in [2.24, 2.45) is 0 Å². The molecule has 4 heteroatoms. The molecule has 96 valence electrons. The van der Waals surface area contributed by atoms with E-state index in [0.29, 0.717) is 13.0 Å². The maximum absolute atomic E-state index is 9.24. The number of nitrogens with zero attached hydrogens (tertiary/aromatic N) is 1. The molecule has 1 heterocycles. The summed E-state index contributed by atoms with van der Waals surface area (Å²) in [6.07, 6.45) is 2.17. The highest BCUT2D eigenvalue weighted by molar-refractivity contribution is 5.92. The first-order valence-corrected chi connectivity index (χ1v) is 6.05. The van der Waals surface area contributed by atoms with Crippen molar-refractivity contribution in [1.82, 2.24) is 4.98 Å². The van der Waals surface area contributed by atoms with Crippen LogP contribution in [-0.2, 0) is 0 Å². The molecule has 4 nitrogen and oxygen atoms in total. The molecule has 0 spiro atoms. The highest BCUT2D eigenvalue weighted by Gasteiger charge is 2.03. The van der Waals surface area contributed by atoms with Gasteiger partial charge in [0.15, 0.2) is 0 Å². The molecule has 18 heavy (non-hydrogen) atoms. The van der Waals surface area contributed by atoms with Crippen LogP contribution in [0.3, 0.4) is 0 Å². The maximum atomic E-state index is 9.24. The minimum Gasteiger partial charge on any atom is -0.497 e. The van der Waals surface area contributed by atoms with Crippen LogP contribution in [0.15, 0.2) is 30.5 Å². The van der Waals surface area contributed by atoms with Crippen molar-refractivity contribution in [2.45, 2.75) is 19.4 Å². The van der Waals surface area contributed by atoms with Gasteiger partial charge in [0.05, 0.1) is 13.2 Å². The predicted molar refractivity (Wildman–Crippen MR) is 73.1 cm³/mol. The number of aliphatic hydroxyl groups excluding tert-OH is 1. The van der Waals surface area contributed by atoms with Gasteiger partial charge in [0.2, 0.25) is 0 Å². The van der Waals surface area contributed by atoms with Crippen molar-refractivity contribution >= 4 is 16.6 Å². The Hall–Kier alpha value is -1.81. The van der Waals surface area contributed by atoms with Crippen LogP contribution in [0.4, 0.5) is 5.82 Å². The second-order valence-electron chi connectivity index (χ2n) is 4.31. The number of hydrogen-bond acceptors (Lipinski definition) is 4. The fraction of sp³-hybridized carbons (Fsp3) is 0.357. The van der Waals surface area contributed by atoms with Crippen molar-refractivity contribution in [3.63, 3.8) is 0 Å². The van der Waals surface area contributed by atoms with E-state index in [1.807, 2.05) is 24.3 Å². The molecule has 0 amide bonds. The SMILES string of the molecule is COc1ccc2c(NCCC(C)O)nccc2c1. The lowest BCUT2D eigenvalue weighted by atomic mass is 10.1. The van der Waals surface area contributed by atoms with E-state index >= 15 is 0 Å². The first kappa shape index (κ1) is 12.6. The standard InChI is InChI=1S/C14H18N2O2/c1-10(17)5-7-15-14-13-4-3-12(18-2)9-11(13)6-8-16-14/h3-4,6,8-10,17H,5,7H2,1-2H3,(H,15,16). The first-order valence-electron chi connectivity index (χ1n) is 6.05. The minimum absolute atomic E-state index is 0.299. The third-order valence-electron chi connectivity index (χ3n) is 2.83. The number of rotatable bonds is 5. The molecule has 1 aromatic heterocycles. The summed E-state index contributed by atoms with van der Waals surface area (Å²) in [5, 5.41) is 14.6. The number of nitrogens with one attached hydrogen (secondary N) is 1. The van der Waals surface area contributed by atoms with Crippen molar-refractivity contribution in [2.75, 3.05) is 19.0 Å².